The maximum absolute atomic E-state index is 13.9. The summed E-state index contributed by atoms with van der Waals surface area (Å²) in [6.45, 7) is 5.48. The van der Waals surface area contributed by atoms with Crippen LogP contribution < -0.4 is 0 Å². The summed E-state index contributed by atoms with van der Waals surface area (Å²) in [5.41, 5.74) is 5.21. The maximum Gasteiger partial charge on any atom is 0.233 e. The van der Waals surface area contributed by atoms with Crippen LogP contribution in [0.3, 0.4) is 0 Å². The van der Waals surface area contributed by atoms with Crippen LogP contribution in [0.25, 0.3) is 0 Å². The standard InChI is InChI=1S/C33H31NO6/c1-16-12-20(13-17(2)30(16)37)27-22-8-9-23-28(24(22)15-25-29(27)26(36)14-18(3)31(25)38)33(40)34(32(23)39)11-10-19-4-6-21(35)7-5-19/h4-8,12-14,23-24,27-28,35,37H,9-11,15H2,1-3H3. The molecule has 2 amide bonds. The molecular weight excluding hydrogens is 506 g/mol. The lowest BCUT2D eigenvalue weighted by Gasteiger charge is -2.42. The highest BCUT2D eigenvalue weighted by atomic mass is 16.3. The van der Waals surface area contributed by atoms with E-state index in [4.69, 9.17) is 0 Å². The summed E-state index contributed by atoms with van der Waals surface area (Å²) in [7, 11) is 0. The number of allylic oxidation sites excluding steroid dienone is 6. The normalized spacial score (nSPS) is 25.9. The molecule has 2 N–H and O–H groups in total. The number of Topliss-reactive ketones (excluding diaryl/α,β-unsaturated/α-hetero) is 1. The molecule has 0 radical (unpaired) electrons. The molecule has 1 aliphatic heterocycles. The van der Waals surface area contributed by atoms with Crippen LogP contribution in [0.5, 0.6) is 11.5 Å². The number of hydrogen-bond acceptors (Lipinski definition) is 6. The molecule has 0 saturated carbocycles. The van der Waals surface area contributed by atoms with Crippen LogP contribution in [0.2, 0.25) is 0 Å². The number of carbonyl (C=O) groups is 4. The van der Waals surface area contributed by atoms with Gasteiger partial charge in [0.15, 0.2) is 11.6 Å². The molecule has 0 bridgehead atoms. The zero-order valence-electron chi connectivity index (χ0n) is 22.7. The molecule has 1 saturated heterocycles. The van der Waals surface area contributed by atoms with E-state index in [0.717, 1.165) is 16.7 Å². The number of aromatic hydroxyl groups is 2. The van der Waals surface area contributed by atoms with Gasteiger partial charge in [-0.3, -0.25) is 24.1 Å². The van der Waals surface area contributed by atoms with Crippen LogP contribution in [0.15, 0.2) is 70.8 Å². The number of hydrogen-bond donors (Lipinski definition) is 2. The molecule has 204 valence electrons. The summed E-state index contributed by atoms with van der Waals surface area (Å²) in [6.07, 6.45) is 4.52. The van der Waals surface area contributed by atoms with E-state index in [1.165, 1.54) is 11.0 Å². The molecule has 0 aromatic heterocycles. The molecule has 7 nitrogen and oxygen atoms in total. The van der Waals surface area contributed by atoms with E-state index < -0.39 is 17.8 Å². The monoisotopic (exact) mass is 537 g/mol. The molecule has 4 unspecified atom stereocenters. The third kappa shape index (κ3) is 3.95. The minimum absolute atomic E-state index is 0.155. The van der Waals surface area contributed by atoms with E-state index in [1.54, 1.807) is 45.0 Å². The van der Waals surface area contributed by atoms with Crippen molar-refractivity contribution in [2.24, 2.45) is 17.8 Å². The Morgan fingerprint density at radius 2 is 1.57 bits per heavy atom. The molecule has 6 rings (SSSR count). The number of fused-ring (bicyclic) bond motifs is 3. The average Bonchev–Trinajstić information content (AvgIpc) is 3.17. The zero-order valence-corrected chi connectivity index (χ0v) is 22.7. The topological polar surface area (TPSA) is 112 Å². The smallest absolute Gasteiger partial charge is 0.233 e. The third-order valence-electron chi connectivity index (χ3n) is 9.06. The largest absolute Gasteiger partial charge is 0.508 e. The van der Waals surface area contributed by atoms with Gasteiger partial charge in [-0.2, -0.15) is 0 Å². The highest BCUT2D eigenvalue weighted by Gasteiger charge is 2.56. The second-order valence-electron chi connectivity index (χ2n) is 11.5. The summed E-state index contributed by atoms with van der Waals surface area (Å²) in [5, 5.41) is 20.0. The first-order valence-corrected chi connectivity index (χ1v) is 13.7. The van der Waals surface area contributed by atoms with Gasteiger partial charge in [0.25, 0.3) is 0 Å². The van der Waals surface area contributed by atoms with Crippen molar-refractivity contribution in [1.29, 1.82) is 0 Å². The number of rotatable bonds is 4. The first-order chi connectivity index (χ1) is 19.1. The number of ketones is 2. The van der Waals surface area contributed by atoms with Gasteiger partial charge in [-0.05, 0) is 86.4 Å². The predicted octanol–water partition coefficient (Wildman–Crippen LogP) is 4.39. The molecule has 0 spiro atoms. The number of amides is 2. The van der Waals surface area contributed by atoms with Crippen molar-refractivity contribution in [2.45, 2.75) is 46.0 Å². The first-order valence-electron chi connectivity index (χ1n) is 13.7. The van der Waals surface area contributed by atoms with E-state index >= 15 is 0 Å². The molecule has 4 aliphatic rings. The molecule has 2 aromatic carbocycles. The van der Waals surface area contributed by atoms with Gasteiger partial charge in [0.1, 0.15) is 11.5 Å². The van der Waals surface area contributed by atoms with Crippen molar-refractivity contribution in [3.05, 3.63) is 93.1 Å². The highest BCUT2D eigenvalue weighted by molar-refractivity contribution is 6.23. The lowest BCUT2D eigenvalue weighted by molar-refractivity contribution is -0.140. The molecule has 1 heterocycles. The number of nitrogens with zero attached hydrogens (tertiary/aromatic N) is 1. The summed E-state index contributed by atoms with van der Waals surface area (Å²) in [5.74, 6) is -2.48. The summed E-state index contributed by atoms with van der Waals surface area (Å²) in [6, 6.07) is 10.4. The van der Waals surface area contributed by atoms with Crippen LogP contribution in [0, 0.1) is 31.6 Å². The molecule has 40 heavy (non-hydrogen) atoms. The number of carbonyl (C=O) groups excluding carboxylic acids is 4. The van der Waals surface area contributed by atoms with Crippen molar-refractivity contribution in [3.8, 4) is 11.5 Å². The number of benzene rings is 2. The molecule has 7 heteroatoms. The minimum atomic E-state index is -0.600. The second-order valence-corrected chi connectivity index (χ2v) is 11.5. The van der Waals surface area contributed by atoms with Crippen LogP contribution in [0.4, 0.5) is 0 Å². The fourth-order valence-corrected chi connectivity index (χ4v) is 7.11. The first kappa shape index (κ1) is 26.0. The van der Waals surface area contributed by atoms with Crippen molar-refractivity contribution in [1.82, 2.24) is 4.90 Å². The van der Waals surface area contributed by atoms with Crippen molar-refractivity contribution in [2.75, 3.05) is 6.54 Å². The molecule has 2 aromatic rings. The highest BCUT2D eigenvalue weighted by Crippen LogP contribution is 2.55. The fraction of sp³-hybridized carbons (Fsp3) is 0.333. The van der Waals surface area contributed by atoms with Gasteiger partial charge in [0.2, 0.25) is 11.8 Å². The Morgan fingerprint density at radius 1 is 0.900 bits per heavy atom. The lowest BCUT2D eigenvalue weighted by atomic mass is 9.59. The van der Waals surface area contributed by atoms with Gasteiger partial charge in [0.05, 0.1) is 11.8 Å². The Kier molecular flexibility index (Phi) is 6.13. The van der Waals surface area contributed by atoms with Gasteiger partial charge in [-0.15, -0.1) is 0 Å². The molecule has 1 fully saturated rings. The van der Waals surface area contributed by atoms with Crippen LogP contribution in [0.1, 0.15) is 47.9 Å². The van der Waals surface area contributed by atoms with Crippen LogP contribution in [-0.4, -0.2) is 45.0 Å². The summed E-state index contributed by atoms with van der Waals surface area (Å²) in [4.78, 5) is 55.5. The Morgan fingerprint density at radius 3 is 2.25 bits per heavy atom. The number of aryl methyl sites for hydroxylation is 2. The number of imide groups is 1. The van der Waals surface area contributed by atoms with Gasteiger partial charge in [-0.25, -0.2) is 0 Å². The van der Waals surface area contributed by atoms with Crippen molar-refractivity contribution < 1.29 is 29.4 Å². The molecule has 4 atom stereocenters. The number of likely N-dealkylation sites (tertiary alicyclic amines) is 1. The summed E-state index contributed by atoms with van der Waals surface area (Å²) >= 11 is 0. The lowest BCUT2D eigenvalue weighted by Crippen LogP contribution is -2.40. The van der Waals surface area contributed by atoms with Crippen LogP contribution in [-0.2, 0) is 25.6 Å². The van der Waals surface area contributed by atoms with Crippen LogP contribution >= 0.6 is 0 Å². The van der Waals surface area contributed by atoms with E-state index in [1.807, 2.05) is 18.2 Å². The predicted molar refractivity (Wildman–Crippen MR) is 147 cm³/mol. The van der Waals surface area contributed by atoms with Gasteiger partial charge >= 0.3 is 0 Å². The third-order valence-corrected chi connectivity index (χ3v) is 9.06. The number of phenols is 2. The quantitative estimate of drug-likeness (QED) is 0.340. The van der Waals surface area contributed by atoms with E-state index in [2.05, 4.69) is 0 Å². The van der Waals surface area contributed by atoms with E-state index in [0.29, 0.717) is 40.7 Å². The maximum atomic E-state index is 13.9. The Balaban J connectivity index is 1.40. The van der Waals surface area contributed by atoms with Gasteiger partial charge < -0.3 is 10.2 Å². The van der Waals surface area contributed by atoms with E-state index in [9.17, 15) is 29.4 Å². The molecule has 3 aliphatic carbocycles. The average molecular weight is 538 g/mol. The second kappa shape index (κ2) is 9.44. The van der Waals surface area contributed by atoms with Crippen molar-refractivity contribution in [3.63, 3.8) is 0 Å². The summed E-state index contributed by atoms with van der Waals surface area (Å²) < 4.78 is 0. The molecular formula is C33H31NO6. The minimum Gasteiger partial charge on any atom is -0.508 e. The zero-order chi connectivity index (χ0) is 28.5. The Bertz CT molecular complexity index is 1570. The van der Waals surface area contributed by atoms with Gasteiger partial charge in [-0.1, -0.05) is 35.9 Å². The van der Waals surface area contributed by atoms with Gasteiger partial charge in [0, 0.05) is 29.2 Å². The fourth-order valence-electron chi connectivity index (χ4n) is 7.11. The van der Waals surface area contributed by atoms with Crippen molar-refractivity contribution >= 4 is 23.4 Å². The Labute approximate surface area is 232 Å². The number of phenolic OH excluding ortho intramolecular Hbond substituents is 2. The van der Waals surface area contributed by atoms with E-state index in [-0.39, 0.29) is 53.8 Å². The SMILES string of the molecule is CC1=CC(=O)C2=C(CC3C(=CCC4C(=O)N(CCc5ccc(O)cc5)C(=O)C43)C2c2cc(C)c(O)c(C)c2)C1=O. The Hall–Kier alpha value is -4.26.